The maximum absolute atomic E-state index is 13.3. The Morgan fingerprint density at radius 1 is 0.425 bits per heavy atom. The monoisotopic (exact) mass is 1230 g/mol. The molecule has 502 valence electrons. The molecule has 14 heteroatoms. The van der Waals surface area contributed by atoms with E-state index in [9.17, 15) is 45.6 Å². The Hall–Kier alpha value is -3.09. The molecule has 0 bridgehead atoms. The summed E-state index contributed by atoms with van der Waals surface area (Å²) in [6, 6.07) is -0.926. The minimum atomic E-state index is -1.79. The smallest absolute Gasteiger partial charge is 0.220 e. The Morgan fingerprint density at radius 3 is 1.22 bits per heavy atom. The highest BCUT2D eigenvalue weighted by Gasteiger charge is 2.51. The van der Waals surface area contributed by atoms with E-state index in [0.29, 0.717) is 6.42 Å². The molecule has 0 spiro atoms. The second-order valence-electron chi connectivity index (χ2n) is 24.3. The number of ether oxygens (including phenoxy) is 4. The van der Waals surface area contributed by atoms with E-state index in [1.165, 1.54) is 148 Å². The lowest BCUT2D eigenvalue weighted by molar-refractivity contribution is -0.359. The van der Waals surface area contributed by atoms with E-state index in [4.69, 9.17) is 18.9 Å². The Kier molecular flexibility index (Phi) is 52.3. The molecule has 2 saturated heterocycles. The van der Waals surface area contributed by atoms with Crippen LogP contribution in [-0.2, 0) is 23.7 Å². The van der Waals surface area contributed by atoms with Crippen LogP contribution in [0, 0.1) is 0 Å². The minimum absolute atomic E-state index is 0.247. The standard InChI is InChI=1S/C73H127NO13/c1-3-5-7-9-11-13-15-17-19-21-23-25-27-28-29-30-31-32-33-34-35-37-39-41-43-45-47-49-51-53-55-57-65(78)74-61(60-84-72-70(83)68(81)71(64(59-76)86-72)87-73-69(82)67(80)66(79)63(58-75)85-73)62(77)56-54-52-50-48-46-44-42-40-38-36-26-24-22-20-18-16-14-12-10-8-6-4-2/h5,7,11,13,17,19,23,25,28-29,31-32,34-35,54,56,61-64,66-73,75-77,79-83H,3-4,6,8-10,12,14-16,18,20-22,24,26-27,30,33,36-53,55,57-60H2,1-2H3,(H,74,78)/b7-5-,13-11-,19-17-,25-23-,29-28-,32-31-,35-34-,56-54+. The van der Waals surface area contributed by atoms with Crippen molar-refractivity contribution in [3.05, 3.63) is 97.2 Å². The van der Waals surface area contributed by atoms with Crippen molar-refractivity contribution < 1.29 is 64.6 Å². The van der Waals surface area contributed by atoms with Crippen molar-refractivity contribution in [1.29, 1.82) is 0 Å². The zero-order valence-electron chi connectivity index (χ0n) is 54.5. The van der Waals surface area contributed by atoms with Gasteiger partial charge in [0.1, 0.15) is 48.8 Å². The van der Waals surface area contributed by atoms with Crippen LogP contribution in [0.3, 0.4) is 0 Å². The fraction of sp³-hybridized carbons (Fsp3) is 0.767. The largest absolute Gasteiger partial charge is 0.394 e. The van der Waals surface area contributed by atoms with E-state index >= 15 is 0 Å². The normalized spacial score (nSPS) is 23.9. The molecule has 9 N–H and O–H groups in total. The van der Waals surface area contributed by atoms with Gasteiger partial charge in [-0.15, -0.1) is 0 Å². The molecule has 0 aliphatic carbocycles. The number of carbonyl (C=O) groups is 1. The van der Waals surface area contributed by atoms with Gasteiger partial charge in [0.15, 0.2) is 12.6 Å². The SMILES string of the molecule is CC/C=C\C/C=C\C/C=C\C/C=C\C/C=C\C/C=C\C/C=C\CCCCCCCCCCCC(=O)NC(COC1OC(CO)C(OC2OC(CO)C(O)C(O)C2O)C(O)C1O)C(O)/C=C/CCCCCCCCCCCCCCCCCCCCCC. The molecule has 1 amide bonds. The van der Waals surface area contributed by atoms with Crippen molar-refractivity contribution >= 4 is 5.91 Å². The second kappa shape index (κ2) is 56.9. The van der Waals surface area contributed by atoms with E-state index in [-0.39, 0.29) is 18.9 Å². The van der Waals surface area contributed by atoms with Gasteiger partial charge in [0.05, 0.1) is 32.0 Å². The van der Waals surface area contributed by atoms with E-state index in [1.807, 2.05) is 6.08 Å². The molecule has 0 aromatic rings. The van der Waals surface area contributed by atoms with E-state index in [1.54, 1.807) is 6.08 Å². The summed E-state index contributed by atoms with van der Waals surface area (Å²) < 4.78 is 22.9. The number of amides is 1. The van der Waals surface area contributed by atoms with E-state index in [0.717, 1.165) is 89.9 Å². The fourth-order valence-corrected chi connectivity index (χ4v) is 11.0. The van der Waals surface area contributed by atoms with Crippen LogP contribution in [0.2, 0.25) is 0 Å². The molecule has 0 aromatic heterocycles. The summed E-state index contributed by atoms with van der Waals surface area (Å²) in [6.07, 6.45) is 63.0. The lowest BCUT2D eigenvalue weighted by atomic mass is 9.97. The predicted molar refractivity (Wildman–Crippen MR) is 355 cm³/mol. The van der Waals surface area contributed by atoms with Gasteiger partial charge in [0.25, 0.3) is 0 Å². The molecule has 0 saturated carbocycles. The van der Waals surface area contributed by atoms with Gasteiger partial charge in [0.2, 0.25) is 5.91 Å². The Labute approximate surface area is 528 Å². The Morgan fingerprint density at radius 2 is 0.793 bits per heavy atom. The van der Waals surface area contributed by atoms with Gasteiger partial charge in [-0.25, -0.2) is 0 Å². The molecule has 0 radical (unpaired) electrons. The number of unbranched alkanes of at least 4 members (excludes halogenated alkanes) is 29. The second-order valence-corrected chi connectivity index (χ2v) is 24.3. The molecule has 2 aliphatic heterocycles. The average Bonchev–Trinajstić information content (AvgIpc) is 2.33. The number of carbonyl (C=O) groups excluding carboxylic acids is 1. The predicted octanol–water partition coefficient (Wildman–Crippen LogP) is 14.2. The number of hydrogen-bond donors (Lipinski definition) is 9. The van der Waals surface area contributed by atoms with Gasteiger partial charge in [-0.05, 0) is 77.0 Å². The van der Waals surface area contributed by atoms with Crippen molar-refractivity contribution in [1.82, 2.24) is 5.32 Å². The first kappa shape index (κ1) is 80.0. The van der Waals surface area contributed by atoms with Gasteiger partial charge in [-0.2, -0.15) is 0 Å². The van der Waals surface area contributed by atoms with E-state index < -0.39 is 86.8 Å². The third kappa shape index (κ3) is 41.1. The summed E-state index contributed by atoms with van der Waals surface area (Å²) >= 11 is 0. The van der Waals surface area contributed by atoms with Gasteiger partial charge < -0.3 is 65.1 Å². The number of allylic oxidation sites excluding steroid dienone is 15. The maximum Gasteiger partial charge on any atom is 0.220 e. The third-order valence-electron chi connectivity index (χ3n) is 16.5. The summed E-state index contributed by atoms with van der Waals surface area (Å²) in [5, 5.41) is 87.4. The van der Waals surface area contributed by atoms with Gasteiger partial charge in [-0.1, -0.05) is 278 Å². The van der Waals surface area contributed by atoms with Gasteiger partial charge in [-0.3, -0.25) is 4.79 Å². The number of nitrogens with one attached hydrogen (secondary N) is 1. The zero-order valence-corrected chi connectivity index (χ0v) is 54.5. The van der Waals surface area contributed by atoms with E-state index in [2.05, 4.69) is 104 Å². The summed E-state index contributed by atoms with van der Waals surface area (Å²) in [6.45, 7) is 2.70. The first-order chi connectivity index (χ1) is 42.6. The fourth-order valence-electron chi connectivity index (χ4n) is 11.0. The van der Waals surface area contributed by atoms with Crippen LogP contribution in [0.25, 0.3) is 0 Å². The van der Waals surface area contributed by atoms with Crippen LogP contribution >= 0.6 is 0 Å². The lowest BCUT2D eigenvalue weighted by Gasteiger charge is -2.46. The van der Waals surface area contributed by atoms with Crippen molar-refractivity contribution in [3.8, 4) is 0 Å². The van der Waals surface area contributed by atoms with Gasteiger partial charge >= 0.3 is 0 Å². The molecule has 14 nitrogen and oxygen atoms in total. The molecule has 2 fully saturated rings. The van der Waals surface area contributed by atoms with Crippen LogP contribution in [-0.4, -0.2) is 140 Å². The summed E-state index contributed by atoms with van der Waals surface area (Å²) in [4.78, 5) is 13.3. The highest BCUT2D eigenvalue weighted by atomic mass is 16.7. The maximum atomic E-state index is 13.3. The molecule has 2 rings (SSSR count). The van der Waals surface area contributed by atoms with Crippen molar-refractivity contribution in [3.63, 3.8) is 0 Å². The van der Waals surface area contributed by atoms with Crippen molar-refractivity contribution in [2.45, 2.75) is 338 Å². The van der Waals surface area contributed by atoms with Crippen LogP contribution < -0.4 is 5.32 Å². The van der Waals surface area contributed by atoms with Crippen LogP contribution in [0.15, 0.2) is 97.2 Å². The molecular formula is C73H127NO13. The van der Waals surface area contributed by atoms with Gasteiger partial charge in [0, 0.05) is 6.42 Å². The zero-order chi connectivity index (χ0) is 63.1. The average molecular weight is 1230 g/mol. The topological polar surface area (TPSA) is 228 Å². The number of rotatable bonds is 56. The minimum Gasteiger partial charge on any atom is -0.394 e. The number of aliphatic hydroxyl groups excluding tert-OH is 8. The first-order valence-electron chi connectivity index (χ1n) is 35.0. The highest BCUT2D eigenvalue weighted by Crippen LogP contribution is 2.30. The van der Waals surface area contributed by atoms with Crippen molar-refractivity contribution in [2.75, 3.05) is 19.8 Å². The summed E-state index contributed by atoms with van der Waals surface area (Å²) in [5.41, 5.74) is 0. The molecule has 2 aliphatic rings. The molecule has 12 unspecified atom stereocenters. The first-order valence-corrected chi connectivity index (χ1v) is 35.0. The molecule has 2 heterocycles. The molecule has 0 aromatic carbocycles. The molecule has 87 heavy (non-hydrogen) atoms. The third-order valence-corrected chi connectivity index (χ3v) is 16.5. The summed E-state index contributed by atoms with van der Waals surface area (Å²) in [7, 11) is 0. The van der Waals surface area contributed by atoms with Crippen LogP contribution in [0.1, 0.15) is 264 Å². The van der Waals surface area contributed by atoms with Crippen LogP contribution in [0.5, 0.6) is 0 Å². The molecular weight excluding hydrogens is 1100 g/mol. The Balaban J connectivity index is 1.69. The number of aliphatic hydroxyl groups is 8. The Bertz CT molecular complexity index is 1830. The highest BCUT2D eigenvalue weighted by molar-refractivity contribution is 5.76. The van der Waals surface area contributed by atoms with Crippen molar-refractivity contribution in [2.24, 2.45) is 0 Å². The number of hydrogen-bond acceptors (Lipinski definition) is 13. The lowest BCUT2D eigenvalue weighted by Crippen LogP contribution is -2.65. The quantitative estimate of drug-likeness (QED) is 0.0204. The summed E-state index contributed by atoms with van der Waals surface area (Å²) in [5.74, 6) is -0.247. The van der Waals surface area contributed by atoms with Crippen LogP contribution in [0.4, 0.5) is 0 Å². The molecule has 12 atom stereocenters.